The summed E-state index contributed by atoms with van der Waals surface area (Å²) in [4.78, 5) is 2.67. The SMILES string of the molecule is CCc1ccc(CS(=O)c2cc(F)ccc2N)s1. The third-order valence-electron chi connectivity index (χ3n) is 2.56. The van der Waals surface area contributed by atoms with E-state index in [1.807, 2.05) is 12.1 Å². The summed E-state index contributed by atoms with van der Waals surface area (Å²) in [6.07, 6.45) is 0.972. The first-order valence-corrected chi connectivity index (χ1v) is 7.74. The van der Waals surface area contributed by atoms with Gasteiger partial charge in [0.1, 0.15) is 5.82 Å². The molecule has 0 aliphatic carbocycles. The van der Waals surface area contributed by atoms with Gasteiger partial charge in [-0.1, -0.05) is 6.92 Å². The molecule has 0 radical (unpaired) electrons. The second-order valence-electron chi connectivity index (χ2n) is 3.89. The van der Waals surface area contributed by atoms with Gasteiger partial charge < -0.3 is 5.73 Å². The number of aryl methyl sites for hydroxylation is 1. The van der Waals surface area contributed by atoms with Crippen molar-refractivity contribution in [1.29, 1.82) is 0 Å². The highest BCUT2D eigenvalue weighted by Crippen LogP contribution is 2.24. The Labute approximate surface area is 112 Å². The number of nitrogens with two attached hydrogens (primary N) is 1. The number of rotatable bonds is 4. The molecule has 18 heavy (non-hydrogen) atoms. The molecule has 1 aromatic carbocycles. The molecule has 1 aromatic heterocycles. The number of anilines is 1. The summed E-state index contributed by atoms with van der Waals surface area (Å²) in [6.45, 7) is 2.08. The van der Waals surface area contributed by atoms with E-state index in [1.54, 1.807) is 11.3 Å². The molecule has 2 rings (SSSR count). The van der Waals surface area contributed by atoms with Crippen molar-refractivity contribution < 1.29 is 8.60 Å². The molecule has 1 unspecified atom stereocenters. The van der Waals surface area contributed by atoms with Gasteiger partial charge in [-0.3, -0.25) is 4.21 Å². The lowest BCUT2D eigenvalue weighted by Gasteiger charge is -2.04. The summed E-state index contributed by atoms with van der Waals surface area (Å²) < 4.78 is 25.3. The predicted molar refractivity (Wildman–Crippen MR) is 74.6 cm³/mol. The maximum absolute atomic E-state index is 13.1. The molecule has 0 saturated heterocycles. The van der Waals surface area contributed by atoms with Gasteiger partial charge in [0.25, 0.3) is 0 Å². The van der Waals surface area contributed by atoms with E-state index in [0.29, 0.717) is 16.3 Å². The van der Waals surface area contributed by atoms with Crippen LogP contribution in [0.5, 0.6) is 0 Å². The first-order valence-electron chi connectivity index (χ1n) is 5.61. The van der Waals surface area contributed by atoms with Gasteiger partial charge in [0.15, 0.2) is 0 Å². The van der Waals surface area contributed by atoms with E-state index >= 15 is 0 Å². The number of halogens is 1. The predicted octanol–water partition coefficient (Wildman–Crippen LogP) is 3.34. The largest absolute Gasteiger partial charge is 0.398 e. The van der Waals surface area contributed by atoms with Crippen molar-refractivity contribution in [2.45, 2.75) is 24.0 Å². The van der Waals surface area contributed by atoms with Gasteiger partial charge in [-0.15, -0.1) is 11.3 Å². The van der Waals surface area contributed by atoms with Crippen LogP contribution in [0.1, 0.15) is 16.7 Å². The highest BCUT2D eigenvalue weighted by Gasteiger charge is 2.11. The molecule has 2 aromatic rings. The number of benzene rings is 1. The van der Waals surface area contributed by atoms with Crippen LogP contribution in [0.4, 0.5) is 10.1 Å². The van der Waals surface area contributed by atoms with Crippen LogP contribution in [0.25, 0.3) is 0 Å². The number of thiophene rings is 1. The van der Waals surface area contributed by atoms with Gasteiger partial charge in [-0.25, -0.2) is 4.39 Å². The number of hydrogen-bond donors (Lipinski definition) is 1. The lowest BCUT2D eigenvalue weighted by atomic mass is 10.3. The van der Waals surface area contributed by atoms with Crippen LogP contribution in [0.3, 0.4) is 0 Å². The first kappa shape index (κ1) is 13.2. The molecule has 0 aliphatic heterocycles. The molecule has 96 valence electrons. The Kier molecular flexibility index (Phi) is 4.14. The minimum Gasteiger partial charge on any atom is -0.398 e. The first-order chi connectivity index (χ1) is 8.60. The second kappa shape index (κ2) is 5.63. The van der Waals surface area contributed by atoms with Gasteiger partial charge in [-0.05, 0) is 36.8 Å². The van der Waals surface area contributed by atoms with Crippen molar-refractivity contribution in [3.05, 3.63) is 45.9 Å². The summed E-state index contributed by atoms with van der Waals surface area (Å²) in [6, 6.07) is 7.98. The maximum atomic E-state index is 13.1. The summed E-state index contributed by atoms with van der Waals surface area (Å²) in [5.74, 6) is -0.0221. The van der Waals surface area contributed by atoms with E-state index in [2.05, 4.69) is 6.92 Å². The summed E-state index contributed by atoms with van der Waals surface area (Å²) in [7, 11) is -1.30. The smallest absolute Gasteiger partial charge is 0.124 e. The molecule has 0 amide bonds. The number of nitrogen functional groups attached to an aromatic ring is 1. The Morgan fingerprint density at radius 2 is 2.00 bits per heavy atom. The van der Waals surface area contributed by atoms with E-state index in [0.717, 1.165) is 11.3 Å². The standard InChI is InChI=1S/C13H14FNOS2/c1-2-10-4-5-11(17-10)8-18(16)13-7-9(14)3-6-12(13)15/h3-7H,2,8,15H2,1H3. The fraction of sp³-hybridized carbons (Fsp3) is 0.231. The Bertz CT molecular complexity index is 580. The molecule has 0 fully saturated rings. The lowest BCUT2D eigenvalue weighted by Crippen LogP contribution is -2.00. The highest BCUT2D eigenvalue weighted by atomic mass is 32.2. The van der Waals surface area contributed by atoms with Crippen LogP contribution in [-0.2, 0) is 23.0 Å². The summed E-state index contributed by atoms with van der Waals surface area (Å²) >= 11 is 1.64. The zero-order valence-corrected chi connectivity index (χ0v) is 11.6. The van der Waals surface area contributed by atoms with Crippen LogP contribution >= 0.6 is 11.3 Å². The minimum absolute atomic E-state index is 0.376. The highest BCUT2D eigenvalue weighted by molar-refractivity contribution is 7.84. The van der Waals surface area contributed by atoms with Crippen molar-refractivity contribution in [3.63, 3.8) is 0 Å². The van der Waals surface area contributed by atoms with E-state index in [4.69, 9.17) is 5.73 Å². The van der Waals surface area contributed by atoms with Crippen LogP contribution in [0.2, 0.25) is 0 Å². The quantitative estimate of drug-likeness (QED) is 0.875. The molecule has 0 aliphatic rings. The van der Waals surface area contributed by atoms with Crippen LogP contribution in [0, 0.1) is 5.82 Å². The van der Waals surface area contributed by atoms with Gasteiger partial charge in [-0.2, -0.15) is 0 Å². The normalized spacial score (nSPS) is 12.6. The molecule has 0 bridgehead atoms. The monoisotopic (exact) mass is 283 g/mol. The molecule has 1 atom stereocenters. The average molecular weight is 283 g/mol. The number of hydrogen-bond acceptors (Lipinski definition) is 3. The lowest BCUT2D eigenvalue weighted by molar-refractivity contribution is 0.623. The van der Waals surface area contributed by atoms with Gasteiger partial charge in [0.05, 0.1) is 21.4 Å². The van der Waals surface area contributed by atoms with E-state index in [-0.39, 0.29) is 0 Å². The second-order valence-corrected chi connectivity index (χ2v) is 6.57. The zero-order chi connectivity index (χ0) is 13.1. The molecular formula is C13H14FNOS2. The van der Waals surface area contributed by atoms with Gasteiger partial charge >= 0.3 is 0 Å². The van der Waals surface area contributed by atoms with Crippen molar-refractivity contribution >= 4 is 27.8 Å². The molecule has 1 heterocycles. The third kappa shape index (κ3) is 2.97. The average Bonchev–Trinajstić information content (AvgIpc) is 2.80. The Morgan fingerprint density at radius 3 is 2.67 bits per heavy atom. The fourth-order valence-corrected chi connectivity index (χ4v) is 4.00. The summed E-state index contributed by atoms with van der Waals surface area (Å²) in [5, 5.41) is 0. The topological polar surface area (TPSA) is 43.1 Å². The molecule has 5 heteroatoms. The molecule has 2 N–H and O–H groups in total. The fourth-order valence-electron chi connectivity index (χ4n) is 1.60. The van der Waals surface area contributed by atoms with E-state index in [9.17, 15) is 8.60 Å². The molecule has 0 saturated carbocycles. The van der Waals surface area contributed by atoms with Crippen molar-refractivity contribution in [2.24, 2.45) is 0 Å². The van der Waals surface area contributed by atoms with Crippen molar-refractivity contribution in [1.82, 2.24) is 0 Å². The maximum Gasteiger partial charge on any atom is 0.124 e. The van der Waals surface area contributed by atoms with E-state index < -0.39 is 16.6 Å². The van der Waals surface area contributed by atoms with Gasteiger partial charge in [0, 0.05) is 15.4 Å². The molecule has 2 nitrogen and oxygen atoms in total. The van der Waals surface area contributed by atoms with Crippen LogP contribution < -0.4 is 5.73 Å². The van der Waals surface area contributed by atoms with E-state index in [1.165, 1.54) is 23.1 Å². The van der Waals surface area contributed by atoms with Gasteiger partial charge in [0.2, 0.25) is 0 Å². The Hall–Kier alpha value is -1.20. The van der Waals surface area contributed by atoms with Crippen LogP contribution in [0.15, 0.2) is 35.2 Å². The van der Waals surface area contributed by atoms with Crippen molar-refractivity contribution in [3.8, 4) is 0 Å². The Morgan fingerprint density at radius 1 is 1.28 bits per heavy atom. The minimum atomic E-state index is -1.30. The van der Waals surface area contributed by atoms with Crippen molar-refractivity contribution in [2.75, 3.05) is 5.73 Å². The zero-order valence-electron chi connectivity index (χ0n) is 9.98. The molecule has 0 spiro atoms. The summed E-state index contributed by atoms with van der Waals surface area (Å²) in [5.41, 5.74) is 6.10. The third-order valence-corrected chi connectivity index (χ3v) is 5.39. The Balaban J connectivity index is 2.19. The molecular weight excluding hydrogens is 269 g/mol. The van der Waals surface area contributed by atoms with Crippen LogP contribution in [-0.4, -0.2) is 4.21 Å².